The van der Waals surface area contributed by atoms with E-state index < -0.39 is 46.9 Å². The minimum Gasteiger partial charge on any atom is -0.394 e. The van der Waals surface area contributed by atoms with Crippen LogP contribution in [0.2, 0.25) is 0 Å². The van der Waals surface area contributed by atoms with Gasteiger partial charge in [-0.1, -0.05) is 0 Å². The maximum atomic E-state index is 12.4. The normalized spacial score (nSPS) is 27.1. The Kier molecular flexibility index (Phi) is 3.78. The van der Waals surface area contributed by atoms with Crippen LogP contribution in [-0.2, 0) is 14.8 Å². The van der Waals surface area contributed by atoms with E-state index >= 15 is 0 Å². The Morgan fingerprint density at radius 1 is 1.47 bits per heavy atom. The fourth-order valence-electron chi connectivity index (χ4n) is 1.67. The molecule has 1 unspecified atom stereocenters. The summed E-state index contributed by atoms with van der Waals surface area (Å²) in [6, 6.07) is 0. The van der Waals surface area contributed by atoms with Crippen LogP contribution in [0.4, 0.5) is 13.2 Å². The van der Waals surface area contributed by atoms with Gasteiger partial charge in [-0.25, -0.2) is 8.42 Å². The molecule has 1 rings (SSSR count). The van der Waals surface area contributed by atoms with Gasteiger partial charge in [0.05, 0.1) is 18.3 Å². The predicted molar refractivity (Wildman–Crippen MR) is 52.6 cm³/mol. The van der Waals surface area contributed by atoms with Crippen LogP contribution in [-0.4, -0.2) is 54.7 Å². The summed E-state index contributed by atoms with van der Waals surface area (Å²) in [5.74, 6) is 0. The molecule has 17 heavy (non-hydrogen) atoms. The molecule has 1 aliphatic rings. The molecule has 0 aliphatic carbocycles. The Hall–Kier alpha value is -0.380. The molecule has 0 aromatic carbocycles. The second-order valence-electron chi connectivity index (χ2n) is 4.43. The monoisotopic (exact) mass is 277 g/mol. The van der Waals surface area contributed by atoms with Gasteiger partial charge >= 0.3 is 15.5 Å². The highest BCUT2D eigenvalue weighted by atomic mass is 32.2. The van der Waals surface area contributed by atoms with E-state index in [4.69, 9.17) is 9.84 Å². The summed E-state index contributed by atoms with van der Waals surface area (Å²) in [5.41, 5.74) is -6.40. The number of alkyl halides is 3. The van der Waals surface area contributed by atoms with E-state index in [0.29, 0.717) is 4.31 Å². The molecule has 1 aliphatic heterocycles. The SMILES string of the molecule is CC1(C)CN(S(=O)(=O)C(F)(F)F)CC(CO)O1. The molecule has 1 N–H and O–H groups in total. The van der Waals surface area contributed by atoms with Crippen molar-refractivity contribution in [2.45, 2.75) is 31.1 Å². The highest BCUT2D eigenvalue weighted by Gasteiger charge is 2.53. The average Bonchev–Trinajstić information content (AvgIpc) is 2.13. The van der Waals surface area contributed by atoms with E-state index in [9.17, 15) is 21.6 Å². The molecule has 0 amide bonds. The zero-order valence-corrected chi connectivity index (χ0v) is 10.2. The van der Waals surface area contributed by atoms with Gasteiger partial charge in [0.2, 0.25) is 0 Å². The first-order valence-corrected chi connectivity index (χ1v) is 6.29. The Labute approximate surface area is 97.2 Å². The Bertz CT molecular complexity index is 379. The van der Waals surface area contributed by atoms with Crippen LogP contribution in [0.5, 0.6) is 0 Å². The molecule has 0 radical (unpaired) electrons. The van der Waals surface area contributed by atoms with Gasteiger partial charge in [0.25, 0.3) is 0 Å². The Balaban J connectivity index is 2.99. The molecule has 0 saturated carbocycles. The molecule has 0 bridgehead atoms. The number of sulfonamides is 1. The number of aliphatic hydroxyl groups is 1. The third-order valence-corrected chi connectivity index (χ3v) is 3.83. The maximum Gasteiger partial charge on any atom is 0.511 e. The first kappa shape index (κ1) is 14.7. The third-order valence-electron chi connectivity index (χ3n) is 2.29. The van der Waals surface area contributed by atoms with Crippen LogP contribution in [0.15, 0.2) is 0 Å². The van der Waals surface area contributed by atoms with Crippen molar-refractivity contribution in [2.24, 2.45) is 0 Å². The number of nitrogens with zero attached hydrogens (tertiary/aromatic N) is 1. The van der Waals surface area contributed by atoms with Gasteiger partial charge in [-0.15, -0.1) is 0 Å². The van der Waals surface area contributed by atoms with Gasteiger partial charge in [-0.3, -0.25) is 0 Å². The van der Waals surface area contributed by atoms with Crippen molar-refractivity contribution in [2.75, 3.05) is 19.7 Å². The van der Waals surface area contributed by atoms with Gasteiger partial charge in [-0.2, -0.15) is 17.5 Å². The van der Waals surface area contributed by atoms with Gasteiger partial charge in [0.15, 0.2) is 0 Å². The summed E-state index contributed by atoms with van der Waals surface area (Å²) in [6.07, 6.45) is -0.948. The Morgan fingerprint density at radius 2 is 2.00 bits per heavy atom. The zero-order valence-electron chi connectivity index (χ0n) is 9.36. The van der Waals surface area contributed by atoms with Gasteiger partial charge in [0.1, 0.15) is 0 Å². The summed E-state index contributed by atoms with van der Waals surface area (Å²) in [7, 11) is -5.37. The van der Waals surface area contributed by atoms with Crippen LogP contribution in [0, 0.1) is 0 Å². The lowest BCUT2D eigenvalue weighted by Gasteiger charge is -2.41. The number of hydrogen-bond acceptors (Lipinski definition) is 4. The number of morpholine rings is 1. The standard InChI is InChI=1S/C8H14F3NO4S/c1-7(2)5-12(3-6(4-13)16-7)17(14,15)8(9,10)11/h6,13H,3-5H2,1-2H3. The van der Waals surface area contributed by atoms with Crippen molar-refractivity contribution < 1.29 is 31.4 Å². The highest BCUT2D eigenvalue weighted by molar-refractivity contribution is 7.90. The van der Waals surface area contributed by atoms with E-state index in [1.54, 1.807) is 0 Å². The Morgan fingerprint density at radius 3 is 2.41 bits per heavy atom. The molecular weight excluding hydrogens is 263 g/mol. The molecule has 102 valence electrons. The number of hydrogen-bond donors (Lipinski definition) is 1. The molecule has 9 heteroatoms. The first-order valence-electron chi connectivity index (χ1n) is 4.85. The van der Waals surface area contributed by atoms with Crippen molar-refractivity contribution in [1.82, 2.24) is 4.31 Å². The lowest BCUT2D eigenvalue weighted by Crippen LogP contribution is -2.57. The van der Waals surface area contributed by atoms with Crippen molar-refractivity contribution in [1.29, 1.82) is 0 Å². The number of rotatable bonds is 2. The fourth-order valence-corrected chi connectivity index (χ4v) is 2.80. The van der Waals surface area contributed by atoms with Crippen LogP contribution in [0.3, 0.4) is 0 Å². The van der Waals surface area contributed by atoms with Crippen LogP contribution in [0.1, 0.15) is 13.8 Å². The molecule has 0 aromatic heterocycles. The molecule has 0 aromatic rings. The van der Waals surface area contributed by atoms with Crippen molar-refractivity contribution in [3.63, 3.8) is 0 Å². The van der Waals surface area contributed by atoms with E-state index in [2.05, 4.69) is 0 Å². The topological polar surface area (TPSA) is 66.8 Å². The summed E-state index contributed by atoms with van der Waals surface area (Å²) in [6.45, 7) is 1.50. The smallest absolute Gasteiger partial charge is 0.394 e. The molecular formula is C8H14F3NO4S. The summed E-state index contributed by atoms with van der Waals surface area (Å²) < 4.78 is 65.1. The summed E-state index contributed by atoms with van der Waals surface area (Å²) in [4.78, 5) is 0. The van der Waals surface area contributed by atoms with Crippen molar-refractivity contribution in [3.05, 3.63) is 0 Å². The van der Waals surface area contributed by atoms with Crippen LogP contribution < -0.4 is 0 Å². The number of halogens is 3. The molecule has 5 nitrogen and oxygen atoms in total. The quantitative estimate of drug-likeness (QED) is 0.788. The summed E-state index contributed by atoms with van der Waals surface area (Å²) in [5, 5.41) is 8.88. The summed E-state index contributed by atoms with van der Waals surface area (Å²) >= 11 is 0. The van der Waals surface area contributed by atoms with Gasteiger partial charge in [-0.05, 0) is 13.8 Å². The lowest BCUT2D eigenvalue weighted by atomic mass is 10.1. The van der Waals surface area contributed by atoms with E-state index in [-0.39, 0.29) is 0 Å². The molecule has 0 spiro atoms. The second kappa shape index (κ2) is 4.38. The molecule has 1 atom stereocenters. The van der Waals surface area contributed by atoms with E-state index in [1.165, 1.54) is 13.8 Å². The predicted octanol–water partition coefficient (Wildman–Crippen LogP) is 0.308. The van der Waals surface area contributed by atoms with Crippen LogP contribution in [0.25, 0.3) is 0 Å². The number of ether oxygens (including phenoxy) is 1. The number of aliphatic hydroxyl groups excluding tert-OH is 1. The molecule has 1 heterocycles. The highest BCUT2D eigenvalue weighted by Crippen LogP contribution is 2.31. The largest absolute Gasteiger partial charge is 0.511 e. The van der Waals surface area contributed by atoms with Crippen molar-refractivity contribution in [3.8, 4) is 0 Å². The molecule has 1 fully saturated rings. The van der Waals surface area contributed by atoms with Crippen molar-refractivity contribution >= 4 is 10.0 Å². The fraction of sp³-hybridized carbons (Fsp3) is 1.00. The van der Waals surface area contributed by atoms with Gasteiger partial charge < -0.3 is 9.84 Å². The molecule has 1 saturated heterocycles. The average molecular weight is 277 g/mol. The van der Waals surface area contributed by atoms with E-state index in [0.717, 1.165) is 0 Å². The zero-order chi connectivity index (χ0) is 13.5. The maximum absolute atomic E-state index is 12.4. The van der Waals surface area contributed by atoms with E-state index in [1.807, 2.05) is 0 Å². The second-order valence-corrected chi connectivity index (χ2v) is 6.35. The first-order chi connectivity index (χ1) is 7.49. The third kappa shape index (κ3) is 3.09. The van der Waals surface area contributed by atoms with Crippen LogP contribution >= 0.6 is 0 Å². The minimum atomic E-state index is -5.37. The van der Waals surface area contributed by atoms with Gasteiger partial charge in [0, 0.05) is 13.1 Å². The lowest BCUT2D eigenvalue weighted by molar-refractivity contribution is -0.135. The minimum absolute atomic E-state index is 0.303.